The first-order valence-electron chi connectivity index (χ1n) is 7.15. The van der Waals surface area contributed by atoms with Crippen LogP contribution in [0.4, 0.5) is 0 Å². The highest BCUT2D eigenvalue weighted by Crippen LogP contribution is 2.22. The van der Waals surface area contributed by atoms with Crippen LogP contribution in [0.5, 0.6) is 0 Å². The number of nitrogens with zero attached hydrogens (tertiary/aromatic N) is 3. The number of carbonyl (C=O) groups is 1. The van der Waals surface area contributed by atoms with Crippen LogP contribution < -0.4 is 0 Å². The normalized spacial score (nSPS) is 20.6. The van der Waals surface area contributed by atoms with Gasteiger partial charge in [-0.3, -0.25) is 9.69 Å². The third-order valence-electron chi connectivity index (χ3n) is 3.79. The Morgan fingerprint density at radius 1 is 1.53 bits per heavy atom. The summed E-state index contributed by atoms with van der Waals surface area (Å²) in [6, 6.07) is 0.177. The zero-order valence-corrected chi connectivity index (χ0v) is 11.6. The van der Waals surface area contributed by atoms with Gasteiger partial charge in [0.2, 0.25) is 0 Å². The number of aliphatic carboxylic acids is 1. The Kier molecular flexibility index (Phi) is 4.96. The van der Waals surface area contributed by atoms with E-state index < -0.39 is 5.97 Å². The largest absolute Gasteiger partial charge is 0.481 e. The summed E-state index contributed by atoms with van der Waals surface area (Å²) in [4.78, 5) is 17.5. The maximum atomic E-state index is 10.9. The number of carboxylic acid groups (broad SMARTS) is 1. The predicted molar refractivity (Wildman–Crippen MR) is 72.8 cm³/mol. The van der Waals surface area contributed by atoms with Gasteiger partial charge >= 0.3 is 5.97 Å². The maximum absolute atomic E-state index is 10.9. The number of hydrogen-bond donors (Lipinski definition) is 1. The molecule has 5 nitrogen and oxygen atoms in total. The molecule has 106 valence electrons. The maximum Gasteiger partial charge on any atom is 0.304 e. The smallest absolute Gasteiger partial charge is 0.304 e. The topological polar surface area (TPSA) is 58.4 Å². The van der Waals surface area contributed by atoms with Crippen LogP contribution in [-0.2, 0) is 17.9 Å². The number of hydrogen-bond acceptors (Lipinski definition) is 3. The molecule has 0 saturated carbocycles. The summed E-state index contributed by atoms with van der Waals surface area (Å²) in [6.07, 6.45) is 8.41. The molecule has 1 aromatic heterocycles. The van der Waals surface area contributed by atoms with Crippen molar-refractivity contribution in [2.75, 3.05) is 6.54 Å². The van der Waals surface area contributed by atoms with Crippen LogP contribution in [0, 0.1) is 0 Å². The second kappa shape index (κ2) is 6.70. The average molecular weight is 265 g/mol. The average Bonchev–Trinajstić information content (AvgIpc) is 2.79. The van der Waals surface area contributed by atoms with Gasteiger partial charge in [-0.05, 0) is 25.8 Å². The van der Waals surface area contributed by atoms with Crippen LogP contribution in [0.1, 0.15) is 44.7 Å². The summed E-state index contributed by atoms with van der Waals surface area (Å²) < 4.78 is 2.17. The monoisotopic (exact) mass is 265 g/mol. The van der Waals surface area contributed by atoms with Crippen LogP contribution in [0.2, 0.25) is 0 Å². The van der Waals surface area contributed by atoms with Crippen molar-refractivity contribution >= 4 is 5.97 Å². The minimum atomic E-state index is -0.695. The number of likely N-dealkylation sites (tertiary alicyclic amines) is 1. The molecule has 2 heterocycles. The zero-order valence-electron chi connectivity index (χ0n) is 11.6. The van der Waals surface area contributed by atoms with Gasteiger partial charge in [0.05, 0.1) is 18.4 Å². The van der Waals surface area contributed by atoms with E-state index in [9.17, 15) is 4.79 Å². The van der Waals surface area contributed by atoms with E-state index >= 15 is 0 Å². The summed E-state index contributed by atoms with van der Waals surface area (Å²) >= 11 is 0. The van der Waals surface area contributed by atoms with Gasteiger partial charge in [0.15, 0.2) is 0 Å². The fraction of sp³-hybridized carbons (Fsp3) is 0.714. The molecule has 1 N–H and O–H groups in total. The number of aryl methyl sites for hydroxylation is 1. The van der Waals surface area contributed by atoms with Gasteiger partial charge in [-0.1, -0.05) is 13.3 Å². The van der Waals surface area contributed by atoms with Gasteiger partial charge < -0.3 is 9.67 Å². The Morgan fingerprint density at radius 2 is 2.37 bits per heavy atom. The molecule has 1 saturated heterocycles. The van der Waals surface area contributed by atoms with E-state index in [0.717, 1.165) is 45.3 Å². The summed E-state index contributed by atoms with van der Waals surface area (Å²) in [5, 5.41) is 9.00. The third kappa shape index (κ3) is 3.80. The first kappa shape index (κ1) is 14.1. The molecule has 0 aliphatic carbocycles. The van der Waals surface area contributed by atoms with Gasteiger partial charge in [0.1, 0.15) is 0 Å². The molecule has 0 amide bonds. The molecule has 0 aromatic carbocycles. The molecule has 1 unspecified atom stereocenters. The highest BCUT2D eigenvalue weighted by molar-refractivity contribution is 5.67. The van der Waals surface area contributed by atoms with E-state index in [1.807, 2.05) is 12.5 Å². The van der Waals surface area contributed by atoms with Gasteiger partial charge in [0, 0.05) is 25.3 Å². The number of piperidine rings is 1. The summed E-state index contributed by atoms with van der Waals surface area (Å²) in [5.74, 6) is -0.695. The lowest BCUT2D eigenvalue weighted by Crippen LogP contribution is -2.40. The van der Waals surface area contributed by atoms with Gasteiger partial charge in [-0.2, -0.15) is 0 Å². The van der Waals surface area contributed by atoms with Gasteiger partial charge in [-0.15, -0.1) is 0 Å². The molecule has 0 radical (unpaired) electrons. The number of carboxylic acids is 1. The van der Waals surface area contributed by atoms with E-state index in [2.05, 4.69) is 21.4 Å². The Hall–Kier alpha value is -1.36. The second-order valence-corrected chi connectivity index (χ2v) is 5.30. The molecular formula is C14H23N3O2. The Labute approximate surface area is 114 Å². The van der Waals surface area contributed by atoms with Crippen molar-refractivity contribution in [1.29, 1.82) is 0 Å². The fourth-order valence-electron chi connectivity index (χ4n) is 2.83. The van der Waals surface area contributed by atoms with Crippen molar-refractivity contribution in [1.82, 2.24) is 14.5 Å². The molecule has 1 aromatic rings. The Morgan fingerprint density at radius 3 is 3.11 bits per heavy atom. The first-order valence-corrected chi connectivity index (χ1v) is 7.15. The molecule has 1 aliphatic rings. The van der Waals surface area contributed by atoms with E-state index in [1.165, 1.54) is 5.69 Å². The standard InChI is InChI=1S/C14H23N3O2/c1-2-6-17-11-15-9-13(17)10-16-7-4-3-5-12(16)8-14(18)19/h9,11-12H,2-8,10H2,1H3,(H,18,19). The lowest BCUT2D eigenvalue weighted by molar-refractivity contribution is -0.138. The predicted octanol–water partition coefficient (Wildman–Crippen LogP) is 2.12. The second-order valence-electron chi connectivity index (χ2n) is 5.30. The van der Waals surface area contributed by atoms with Crippen molar-refractivity contribution in [2.45, 2.75) is 58.2 Å². The lowest BCUT2D eigenvalue weighted by atomic mass is 9.99. The fourth-order valence-corrected chi connectivity index (χ4v) is 2.83. The highest BCUT2D eigenvalue weighted by atomic mass is 16.4. The SMILES string of the molecule is CCCn1cncc1CN1CCCCC1CC(=O)O. The Bertz CT molecular complexity index is 417. The highest BCUT2D eigenvalue weighted by Gasteiger charge is 2.25. The summed E-state index contributed by atoms with van der Waals surface area (Å²) in [6.45, 7) is 4.94. The summed E-state index contributed by atoms with van der Waals surface area (Å²) in [7, 11) is 0. The molecule has 5 heteroatoms. The van der Waals surface area contributed by atoms with Crippen LogP contribution in [0.25, 0.3) is 0 Å². The Balaban J connectivity index is 2.02. The van der Waals surface area contributed by atoms with Crippen molar-refractivity contribution in [3.63, 3.8) is 0 Å². The molecule has 0 spiro atoms. The number of imidazole rings is 1. The van der Waals surface area contributed by atoms with Crippen molar-refractivity contribution in [3.8, 4) is 0 Å². The molecule has 0 bridgehead atoms. The molecule has 19 heavy (non-hydrogen) atoms. The number of rotatable bonds is 6. The van der Waals surface area contributed by atoms with Gasteiger partial charge in [0.25, 0.3) is 0 Å². The van der Waals surface area contributed by atoms with Crippen LogP contribution in [-0.4, -0.2) is 38.1 Å². The third-order valence-corrected chi connectivity index (χ3v) is 3.79. The van der Waals surface area contributed by atoms with Crippen molar-refractivity contribution in [2.24, 2.45) is 0 Å². The van der Waals surface area contributed by atoms with E-state index in [4.69, 9.17) is 5.11 Å². The van der Waals surface area contributed by atoms with Gasteiger partial charge in [-0.25, -0.2) is 4.98 Å². The summed E-state index contributed by atoms with van der Waals surface area (Å²) in [5.41, 5.74) is 1.19. The molecule has 1 aliphatic heterocycles. The van der Waals surface area contributed by atoms with Crippen LogP contribution in [0.15, 0.2) is 12.5 Å². The lowest BCUT2D eigenvalue weighted by Gasteiger charge is -2.34. The van der Waals surface area contributed by atoms with E-state index in [1.54, 1.807) is 0 Å². The molecular weight excluding hydrogens is 242 g/mol. The van der Waals surface area contributed by atoms with Crippen molar-refractivity contribution in [3.05, 3.63) is 18.2 Å². The van der Waals surface area contributed by atoms with E-state index in [0.29, 0.717) is 0 Å². The molecule has 1 fully saturated rings. The van der Waals surface area contributed by atoms with E-state index in [-0.39, 0.29) is 12.5 Å². The van der Waals surface area contributed by atoms with Crippen LogP contribution in [0.3, 0.4) is 0 Å². The minimum Gasteiger partial charge on any atom is -0.481 e. The first-order chi connectivity index (χ1) is 9.20. The zero-order chi connectivity index (χ0) is 13.7. The minimum absolute atomic E-state index is 0.177. The quantitative estimate of drug-likeness (QED) is 0.856. The number of aromatic nitrogens is 2. The van der Waals surface area contributed by atoms with Crippen molar-refractivity contribution < 1.29 is 9.90 Å². The molecule has 1 atom stereocenters. The van der Waals surface area contributed by atoms with Crippen LogP contribution >= 0.6 is 0 Å². The molecule has 2 rings (SSSR count).